The summed E-state index contributed by atoms with van der Waals surface area (Å²) in [5.74, 6) is 0. The van der Waals surface area contributed by atoms with Crippen LogP contribution in [0.15, 0.2) is 29.2 Å². The van der Waals surface area contributed by atoms with E-state index in [4.69, 9.17) is 0 Å². The van der Waals surface area contributed by atoms with Crippen molar-refractivity contribution in [2.45, 2.75) is 44.0 Å². The van der Waals surface area contributed by atoms with E-state index in [1.54, 1.807) is 16.4 Å². The van der Waals surface area contributed by atoms with Gasteiger partial charge >= 0.3 is 0 Å². The fourth-order valence-corrected chi connectivity index (χ4v) is 4.36. The van der Waals surface area contributed by atoms with Crippen LogP contribution in [0.1, 0.15) is 33.3 Å². The van der Waals surface area contributed by atoms with Gasteiger partial charge in [0.25, 0.3) is 0 Å². The highest BCUT2D eigenvalue weighted by Gasteiger charge is 2.32. The molecule has 1 aliphatic rings. The lowest BCUT2D eigenvalue weighted by molar-refractivity contribution is 0.170. The van der Waals surface area contributed by atoms with Crippen LogP contribution in [0.4, 0.5) is 0 Å². The quantitative estimate of drug-likeness (QED) is 0.841. The molecule has 0 aromatic heterocycles. The van der Waals surface area contributed by atoms with E-state index in [2.05, 4.69) is 25.7 Å². The Labute approximate surface area is 128 Å². The lowest BCUT2D eigenvalue weighted by atomic mass is 9.87. The fraction of sp³-hybridized carbons (Fsp3) is 0.625. The molecule has 0 spiro atoms. The zero-order chi connectivity index (χ0) is 15.8. The molecule has 1 aromatic carbocycles. The van der Waals surface area contributed by atoms with E-state index in [9.17, 15) is 8.42 Å². The molecule has 1 saturated heterocycles. The van der Waals surface area contributed by atoms with E-state index in [0.29, 0.717) is 11.4 Å². The van der Waals surface area contributed by atoms with Crippen molar-refractivity contribution in [3.05, 3.63) is 29.8 Å². The maximum absolute atomic E-state index is 12.8. The zero-order valence-electron chi connectivity index (χ0n) is 13.6. The summed E-state index contributed by atoms with van der Waals surface area (Å²) in [6.07, 6.45) is 0. The highest BCUT2D eigenvalue weighted by Crippen LogP contribution is 2.26. The monoisotopic (exact) mass is 310 g/mol. The summed E-state index contributed by atoms with van der Waals surface area (Å²) in [6, 6.07) is 7.33. The molecule has 5 heteroatoms. The molecule has 0 aliphatic carbocycles. The van der Waals surface area contributed by atoms with Crippen LogP contribution in [-0.4, -0.2) is 50.3 Å². The molecule has 0 bridgehead atoms. The molecular weight excluding hydrogens is 284 g/mol. The van der Waals surface area contributed by atoms with E-state index in [0.717, 1.165) is 18.7 Å². The van der Waals surface area contributed by atoms with Crippen molar-refractivity contribution in [3.63, 3.8) is 0 Å². The lowest BCUT2D eigenvalue weighted by Gasteiger charge is -2.37. The number of nitrogens with zero attached hydrogens (tertiary/aromatic N) is 2. The summed E-state index contributed by atoms with van der Waals surface area (Å²) in [4.78, 5) is 2.56. The number of hydrogen-bond donors (Lipinski definition) is 0. The predicted octanol–water partition coefficient (Wildman–Crippen LogP) is 2.31. The molecule has 1 unspecified atom stereocenters. The lowest BCUT2D eigenvalue weighted by Crippen LogP contribution is -2.52. The second kappa shape index (κ2) is 5.71. The number of hydrogen-bond acceptors (Lipinski definition) is 3. The molecule has 2 rings (SSSR count). The van der Waals surface area contributed by atoms with Gasteiger partial charge in [0.05, 0.1) is 4.90 Å². The third-order valence-corrected chi connectivity index (χ3v) is 6.12. The minimum Gasteiger partial charge on any atom is -0.303 e. The van der Waals surface area contributed by atoms with Crippen LogP contribution < -0.4 is 0 Å². The molecule has 118 valence electrons. The van der Waals surface area contributed by atoms with Gasteiger partial charge in [-0.25, -0.2) is 8.42 Å². The molecule has 0 radical (unpaired) electrons. The Bertz CT molecular complexity index is 588. The third kappa shape index (κ3) is 3.47. The van der Waals surface area contributed by atoms with E-state index in [1.165, 1.54) is 0 Å². The van der Waals surface area contributed by atoms with Crippen molar-refractivity contribution in [1.82, 2.24) is 9.21 Å². The van der Waals surface area contributed by atoms with Gasteiger partial charge in [-0.3, -0.25) is 0 Å². The van der Waals surface area contributed by atoms with Gasteiger partial charge < -0.3 is 4.90 Å². The summed E-state index contributed by atoms with van der Waals surface area (Å²) < 4.78 is 27.2. The van der Waals surface area contributed by atoms with Gasteiger partial charge in [-0.2, -0.15) is 4.31 Å². The van der Waals surface area contributed by atoms with Gasteiger partial charge in [-0.05, 0) is 37.1 Å². The van der Waals surface area contributed by atoms with Crippen LogP contribution in [0.3, 0.4) is 0 Å². The van der Waals surface area contributed by atoms with Crippen molar-refractivity contribution < 1.29 is 8.42 Å². The Hall–Kier alpha value is -0.910. The average Bonchev–Trinajstić information content (AvgIpc) is 2.37. The van der Waals surface area contributed by atoms with Gasteiger partial charge in [0.2, 0.25) is 10.0 Å². The molecule has 0 saturated carbocycles. The van der Waals surface area contributed by atoms with Gasteiger partial charge in [-0.1, -0.05) is 32.9 Å². The van der Waals surface area contributed by atoms with Crippen LogP contribution in [0.2, 0.25) is 0 Å². The summed E-state index contributed by atoms with van der Waals surface area (Å²) in [5, 5.41) is 0. The van der Waals surface area contributed by atoms with E-state index >= 15 is 0 Å². The van der Waals surface area contributed by atoms with E-state index in [1.807, 2.05) is 26.1 Å². The smallest absolute Gasteiger partial charge is 0.243 e. The average molecular weight is 310 g/mol. The molecule has 1 heterocycles. The maximum Gasteiger partial charge on any atom is 0.243 e. The second-order valence-corrected chi connectivity index (χ2v) is 8.89. The molecule has 0 N–H and O–H groups in total. The second-order valence-electron chi connectivity index (χ2n) is 7.00. The Morgan fingerprint density at radius 1 is 1.10 bits per heavy atom. The molecule has 21 heavy (non-hydrogen) atoms. The Kier molecular flexibility index (Phi) is 4.47. The van der Waals surface area contributed by atoms with Crippen molar-refractivity contribution in [1.29, 1.82) is 0 Å². The largest absolute Gasteiger partial charge is 0.303 e. The van der Waals surface area contributed by atoms with E-state index < -0.39 is 10.0 Å². The van der Waals surface area contributed by atoms with Crippen LogP contribution in [0, 0.1) is 0 Å². The van der Waals surface area contributed by atoms with Crippen LogP contribution in [0.25, 0.3) is 0 Å². The van der Waals surface area contributed by atoms with Crippen LogP contribution in [0.5, 0.6) is 0 Å². The van der Waals surface area contributed by atoms with Gasteiger partial charge in [0.1, 0.15) is 0 Å². The highest BCUT2D eigenvalue weighted by molar-refractivity contribution is 7.89. The SMILES string of the molecule is CC1CN(C)CCN1S(=O)(=O)c1ccc(C(C)(C)C)cc1. The third-order valence-electron chi connectivity index (χ3n) is 4.10. The number of likely N-dealkylation sites (N-methyl/N-ethyl adjacent to an activating group) is 1. The predicted molar refractivity (Wildman–Crippen MR) is 86.0 cm³/mol. The van der Waals surface area contributed by atoms with Crippen molar-refractivity contribution in [2.75, 3.05) is 26.7 Å². The Morgan fingerprint density at radius 3 is 2.14 bits per heavy atom. The van der Waals surface area contributed by atoms with Crippen molar-refractivity contribution in [3.8, 4) is 0 Å². The molecular formula is C16H26N2O2S. The highest BCUT2D eigenvalue weighted by atomic mass is 32.2. The first-order valence-corrected chi connectivity index (χ1v) is 8.87. The summed E-state index contributed by atoms with van der Waals surface area (Å²) in [5.41, 5.74) is 1.18. The fourth-order valence-electron chi connectivity index (χ4n) is 2.74. The standard InChI is InChI=1S/C16H26N2O2S/c1-13-12-17(5)10-11-18(13)21(19,20)15-8-6-14(7-9-15)16(2,3)4/h6-9,13H,10-12H2,1-5H3. The molecule has 1 atom stereocenters. The molecule has 1 fully saturated rings. The molecule has 0 amide bonds. The number of rotatable bonds is 2. The Morgan fingerprint density at radius 2 is 1.67 bits per heavy atom. The van der Waals surface area contributed by atoms with Gasteiger partial charge in [-0.15, -0.1) is 0 Å². The minimum atomic E-state index is -3.39. The van der Waals surface area contributed by atoms with Crippen molar-refractivity contribution >= 4 is 10.0 Å². The summed E-state index contributed by atoms with van der Waals surface area (Å²) in [7, 11) is -1.36. The maximum atomic E-state index is 12.8. The Balaban J connectivity index is 2.28. The molecule has 4 nitrogen and oxygen atoms in total. The van der Waals surface area contributed by atoms with Crippen LogP contribution in [-0.2, 0) is 15.4 Å². The van der Waals surface area contributed by atoms with Crippen LogP contribution >= 0.6 is 0 Å². The number of sulfonamides is 1. The summed E-state index contributed by atoms with van der Waals surface area (Å²) >= 11 is 0. The first kappa shape index (κ1) is 16.5. The first-order valence-electron chi connectivity index (χ1n) is 7.43. The van der Waals surface area contributed by atoms with Crippen molar-refractivity contribution in [2.24, 2.45) is 0 Å². The minimum absolute atomic E-state index is 0.0102. The normalized spacial score (nSPS) is 22.4. The number of piperazine rings is 1. The number of benzene rings is 1. The van der Waals surface area contributed by atoms with Gasteiger partial charge in [0, 0.05) is 25.7 Å². The van der Waals surface area contributed by atoms with Gasteiger partial charge in [0.15, 0.2) is 0 Å². The topological polar surface area (TPSA) is 40.6 Å². The molecule has 1 aromatic rings. The summed E-state index contributed by atoms with van der Waals surface area (Å²) in [6.45, 7) is 10.5. The zero-order valence-corrected chi connectivity index (χ0v) is 14.4. The first-order chi connectivity index (χ1) is 9.62. The molecule has 1 aliphatic heterocycles. The van der Waals surface area contributed by atoms with E-state index in [-0.39, 0.29) is 11.5 Å².